The Morgan fingerprint density at radius 2 is 2.31 bits per heavy atom. The summed E-state index contributed by atoms with van der Waals surface area (Å²) in [6, 6.07) is 0. The predicted molar refractivity (Wildman–Crippen MR) is 63.5 cm³/mol. The quantitative estimate of drug-likeness (QED) is 0.689. The minimum absolute atomic E-state index is 0.233. The van der Waals surface area contributed by atoms with Crippen molar-refractivity contribution in [1.82, 2.24) is 9.97 Å². The molecule has 0 aliphatic heterocycles. The largest absolute Gasteiger partial charge is 0.370 e. The van der Waals surface area contributed by atoms with Gasteiger partial charge in [0.05, 0.1) is 6.20 Å². The van der Waals surface area contributed by atoms with Gasteiger partial charge in [-0.25, -0.2) is 4.98 Å². The summed E-state index contributed by atoms with van der Waals surface area (Å²) in [5, 5.41) is 6.29. The van der Waals surface area contributed by atoms with Crippen molar-refractivity contribution in [1.29, 1.82) is 0 Å². The van der Waals surface area contributed by atoms with Crippen molar-refractivity contribution >= 4 is 29.3 Å². The number of rotatable bonds is 6. The van der Waals surface area contributed by atoms with Gasteiger partial charge in [-0.05, 0) is 6.92 Å². The molecule has 0 saturated heterocycles. The zero-order valence-electron chi connectivity index (χ0n) is 8.96. The van der Waals surface area contributed by atoms with Crippen LogP contribution in [0.3, 0.4) is 0 Å². The van der Waals surface area contributed by atoms with Crippen LogP contribution in [0, 0.1) is 0 Å². The molecule has 7 heteroatoms. The Morgan fingerprint density at radius 1 is 1.56 bits per heavy atom. The van der Waals surface area contributed by atoms with Crippen molar-refractivity contribution in [2.45, 2.75) is 13.3 Å². The number of nitrogens with one attached hydrogen (secondary N) is 2. The van der Waals surface area contributed by atoms with Crippen molar-refractivity contribution in [3.63, 3.8) is 0 Å². The van der Waals surface area contributed by atoms with Gasteiger partial charge in [0.15, 0.2) is 0 Å². The normalized spacial score (nSPS) is 9.88. The van der Waals surface area contributed by atoms with E-state index in [0.717, 1.165) is 6.54 Å². The molecular weight excluding hydrogens is 230 g/mol. The third-order valence-corrected chi connectivity index (χ3v) is 2.02. The molecule has 1 aromatic rings. The van der Waals surface area contributed by atoms with Crippen LogP contribution >= 0.6 is 11.6 Å². The topological polar surface area (TPSA) is 92.9 Å². The minimum Gasteiger partial charge on any atom is -0.370 e. The van der Waals surface area contributed by atoms with E-state index in [1.807, 2.05) is 6.92 Å². The number of nitrogens with zero attached hydrogens (tertiary/aromatic N) is 2. The third kappa shape index (κ3) is 3.90. The first-order chi connectivity index (χ1) is 7.63. The fourth-order valence-corrected chi connectivity index (χ4v) is 1.20. The van der Waals surface area contributed by atoms with E-state index >= 15 is 0 Å². The van der Waals surface area contributed by atoms with E-state index in [9.17, 15) is 4.79 Å². The van der Waals surface area contributed by atoms with Crippen LogP contribution in [0.25, 0.3) is 0 Å². The van der Waals surface area contributed by atoms with E-state index in [1.54, 1.807) is 0 Å². The van der Waals surface area contributed by atoms with Crippen molar-refractivity contribution in [2.75, 3.05) is 23.7 Å². The van der Waals surface area contributed by atoms with E-state index < -0.39 is 0 Å². The molecule has 0 unspecified atom stereocenters. The summed E-state index contributed by atoms with van der Waals surface area (Å²) in [5.41, 5.74) is 5.02. The lowest BCUT2D eigenvalue weighted by atomic mass is 10.4. The van der Waals surface area contributed by atoms with Crippen LogP contribution in [-0.2, 0) is 4.79 Å². The van der Waals surface area contributed by atoms with Crippen molar-refractivity contribution in [3.05, 3.63) is 11.2 Å². The standard InChI is InChI=1S/C9H14ClN5O/c1-2-12-9-14-5-6(10)8(15-9)13-4-3-7(11)16/h5H,2-4H2,1H3,(H2,11,16)(H2,12,13,14,15). The highest BCUT2D eigenvalue weighted by molar-refractivity contribution is 6.32. The first-order valence-corrected chi connectivity index (χ1v) is 5.30. The number of hydrogen-bond acceptors (Lipinski definition) is 5. The van der Waals surface area contributed by atoms with Gasteiger partial charge in [0, 0.05) is 19.5 Å². The van der Waals surface area contributed by atoms with Crippen LogP contribution in [0.15, 0.2) is 6.20 Å². The molecule has 88 valence electrons. The van der Waals surface area contributed by atoms with Gasteiger partial charge in [-0.3, -0.25) is 4.79 Å². The van der Waals surface area contributed by atoms with E-state index in [4.69, 9.17) is 17.3 Å². The van der Waals surface area contributed by atoms with Gasteiger partial charge in [0.25, 0.3) is 0 Å². The van der Waals surface area contributed by atoms with E-state index in [1.165, 1.54) is 6.20 Å². The fourth-order valence-electron chi connectivity index (χ4n) is 1.04. The summed E-state index contributed by atoms with van der Waals surface area (Å²) >= 11 is 5.88. The van der Waals surface area contributed by atoms with E-state index in [2.05, 4.69) is 20.6 Å². The number of nitrogens with two attached hydrogens (primary N) is 1. The molecule has 0 aliphatic rings. The molecule has 0 radical (unpaired) electrons. The molecule has 0 aromatic carbocycles. The number of anilines is 2. The second-order valence-electron chi connectivity index (χ2n) is 3.06. The molecule has 0 saturated carbocycles. The number of primary amides is 1. The Hall–Kier alpha value is -1.56. The lowest BCUT2D eigenvalue weighted by Gasteiger charge is -2.08. The maximum atomic E-state index is 10.5. The molecule has 1 amide bonds. The number of halogens is 1. The summed E-state index contributed by atoms with van der Waals surface area (Å²) in [7, 11) is 0. The van der Waals surface area contributed by atoms with Crippen molar-refractivity contribution in [3.8, 4) is 0 Å². The number of aromatic nitrogens is 2. The van der Waals surface area contributed by atoms with Gasteiger partial charge in [-0.1, -0.05) is 11.6 Å². The Kier molecular flexibility index (Phi) is 4.78. The lowest BCUT2D eigenvalue weighted by molar-refractivity contribution is -0.117. The Labute approximate surface area is 98.6 Å². The van der Waals surface area contributed by atoms with Crippen LogP contribution in [-0.4, -0.2) is 29.0 Å². The first-order valence-electron chi connectivity index (χ1n) is 4.92. The van der Waals surface area contributed by atoms with Gasteiger partial charge in [-0.2, -0.15) is 4.98 Å². The molecule has 6 nitrogen and oxygen atoms in total. The highest BCUT2D eigenvalue weighted by atomic mass is 35.5. The molecule has 1 aromatic heterocycles. The fraction of sp³-hybridized carbons (Fsp3) is 0.444. The average Bonchev–Trinajstić information content (AvgIpc) is 2.22. The highest BCUT2D eigenvalue weighted by Crippen LogP contribution is 2.18. The maximum Gasteiger partial charge on any atom is 0.224 e. The van der Waals surface area contributed by atoms with Gasteiger partial charge in [0.1, 0.15) is 10.8 Å². The molecular formula is C9H14ClN5O. The molecule has 4 N–H and O–H groups in total. The average molecular weight is 244 g/mol. The monoisotopic (exact) mass is 243 g/mol. The molecule has 16 heavy (non-hydrogen) atoms. The number of amides is 1. The van der Waals surface area contributed by atoms with Gasteiger partial charge in [0.2, 0.25) is 11.9 Å². The molecule has 0 fully saturated rings. The highest BCUT2D eigenvalue weighted by Gasteiger charge is 2.04. The van der Waals surface area contributed by atoms with Gasteiger partial charge >= 0.3 is 0 Å². The van der Waals surface area contributed by atoms with E-state index in [-0.39, 0.29) is 12.3 Å². The van der Waals surface area contributed by atoms with Crippen LogP contribution < -0.4 is 16.4 Å². The second kappa shape index (κ2) is 6.12. The van der Waals surface area contributed by atoms with Crippen LogP contribution in [0.5, 0.6) is 0 Å². The molecule has 0 aliphatic carbocycles. The molecule has 0 atom stereocenters. The summed E-state index contributed by atoms with van der Waals surface area (Å²) in [4.78, 5) is 18.7. The predicted octanol–water partition coefficient (Wildman–Crippen LogP) is 0.849. The number of carbonyl (C=O) groups is 1. The molecule has 1 heterocycles. The smallest absolute Gasteiger partial charge is 0.224 e. The molecule has 0 bridgehead atoms. The van der Waals surface area contributed by atoms with Gasteiger partial charge < -0.3 is 16.4 Å². The summed E-state index contributed by atoms with van der Waals surface area (Å²) in [5.74, 6) is 0.618. The van der Waals surface area contributed by atoms with Crippen molar-refractivity contribution < 1.29 is 4.79 Å². The maximum absolute atomic E-state index is 10.5. The Balaban J connectivity index is 2.62. The van der Waals surface area contributed by atoms with Crippen molar-refractivity contribution in [2.24, 2.45) is 5.73 Å². The lowest BCUT2D eigenvalue weighted by Crippen LogP contribution is -2.16. The molecule has 1 rings (SSSR count). The summed E-state index contributed by atoms with van der Waals surface area (Å²) in [6.45, 7) is 3.07. The zero-order chi connectivity index (χ0) is 12.0. The number of hydrogen-bond donors (Lipinski definition) is 3. The summed E-state index contributed by atoms with van der Waals surface area (Å²) < 4.78 is 0. The number of carbonyl (C=O) groups excluding carboxylic acids is 1. The van der Waals surface area contributed by atoms with Gasteiger partial charge in [-0.15, -0.1) is 0 Å². The zero-order valence-corrected chi connectivity index (χ0v) is 9.71. The minimum atomic E-state index is -0.371. The van der Waals surface area contributed by atoms with Crippen LogP contribution in [0.4, 0.5) is 11.8 Å². The summed E-state index contributed by atoms with van der Waals surface area (Å²) in [6.07, 6.45) is 1.73. The Bertz CT molecular complexity index is 371. The Morgan fingerprint density at radius 3 is 2.94 bits per heavy atom. The second-order valence-corrected chi connectivity index (χ2v) is 3.47. The first kappa shape index (κ1) is 12.5. The van der Waals surface area contributed by atoms with Crippen LogP contribution in [0.1, 0.15) is 13.3 Å². The molecule has 0 spiro atoms. The third-order valence-electron chi connectivity index (χ3n) is 1.74. The van der Waals surface area contributed by atoms with E-state index in [0.29, 0.717) is 23.3 Å². The SMILES string of the molecule is CCNc1ncc(Cl)c(NCCC(N)=O)n1. The van der Waals surface area contributed by atoms with Crippen LogP contribution in [0.2, 0.25) is 5.02 Å².